The highest BCUT2D eigenvalue weighted by Gasteiger charge is 2.21. The van der Waals surface area contributed by atoms with E-state index in [4.69, 9.17) is 23.1 Å². The van der Waals surface area contributed by atoms with Crippen molar-refractivity contribution in [1.29, 1.82) is 5.26 Å². The number of nitrogens with two attached hydrogens (primary N) is 2. The molecular weight excluding hydrogens is 448 g/mol. The lowest BCUT2D eigenvalue weighted by Crippen LogP contribution is -2.23. The summed E-state index contributed by atoms with van der Waals surface area (Å²) in [6.07, 6.45) is 4.95. The van der Waals surface area contributed by atoms with Crippen LogP contribution in [0.3, 0.4) is 0 Å². The third-order valence-corrected chi connectivity index (χ3v) is 5.93. The van der Waals surface area contributed by atoms with Crippen molar-refractivity contribution in [2.45, 2.75) is 26.2 Å². The van der Waals surface area contributed by atoms with E-state index >= 15 is 0 Å². The number of hydrogen-bond donors (Lipinski definition) is 2. The molecule has 0 atom stereocenters. The summed E-state index contributed by atoms with van der Waals surface area (Å²) < 4.78 is 1.61. The maximum absolute atomic E-state index is 13.8. The molecule has 0 bridgehead atoms. The van der Waals surface area contributed by atoms with E-state index in [1.165, 1.54) is 0 Å². The molecule has 0 aliphatic heterocycles. The Kier molecular flexibility index (Phi) is 5.86. The van der Waals surface area contributed by atoms with Gasteiger partial charge < -0.3 is 11.5 Å². The first-order valence-electron chi connectivity index (χ1n) is 10.6. The van der Waals surface area contributed by atoms with Crippen LogP contribution in [0.5, 0.6) is 0 Å². The van der Waals surface area contributed by atoms with Crippen LogP contribution in [-0.2, 0) is 5.41 Å². The number of allylic oxidation sites excluding steroid dienone is 3. The highest BCUT2D eigenvalue weighted by molar-refractivity contribution is 6.30. The minimum atomic E-state index is -0.660. The largest absolute Gasteiger partial charge is 0.386 e. The Hall–Kier alpha value is -4.15. The molecule has 170 valence electrons. The standard InChI is InChI=1S/C26H23ClN6O/c1-15(4-11-22(29)30)19-12-16-13-31-20-9-10-21(27)32-23(20)24(16)33(25(19)34)18-7-5-17(6-8-18)26(2,3)14-28/h4-13H,29-30H2,1-3H3/b15-4-. The normalized spacial score (nSPS) is 12.0. The molecule has 8 heteroatoms. The lowest BCUT2D eigenvalue weighted by atomic mass is 9.86. The summed E-state index contributed by atoms with van der Waals surface area (Å²) in [5.41, 5.74) is 14.6. The Morgan fingerprint density at radius 2 is 1.85 bits per heavy atom. The van der Waals surface area contributed by atoms with Crippen LogP contribution in [0, 0.1) is 11.3 Å². The quantitative estimate of drug-likeness (QED) is 0.256. The molecule has 0 aliphatic rings. The topological polar surface area (TPSA) is 124 Å². The van der Waals surface area contributed by atoms with E-state index in [9.17, 15) is 10.1 Å². The van der Waals surface area contributed by atoms with Crippen molar-refractivity contribution in [3.63, 3.8) is 0 Å². The summed E-state index contributed by atoms with van der Waals surface area (Å²) in [5.74, 6) is 0.141. The van der Waals surface area contributed by atoms with Crippen LogP contribution in [-0.4, -0.2) is 14.5 Å². The molecule has 0 radical (unpaired) electrons. The highest BCUT2D eigenvalue weighted by atomic mass is 35.5. The molecule has 34 heavy (non-hydrogen) atoms. The monoisotopic (exact) mass is 470 g/mol. The van der Waals surface area contributed by atoms with Gasteiger partial charge in [-0.2, -0.15) is 5.26 Å². The molecule has 0 saturated carbocycles. The first-order valence-corrected chi connectivity index (χ1v) is 10.9. The molecule has 0 amide bonds. The van der Waals surface area contributed by atoms with Gasteiger partial charge in [0.15, 0.2) is 0 Å². The molecule has 3 heterocycles. The molecule has 0 spiro atoms. The van der Waals surface area contributed by atoms with E-state index in [2.05, 4.69) is 16.0 Å². The van der Waals surface area contributed by atoms with Crippen molar-refractivity contribution < 1.29 is 0 Å². The van der Waals surface area contributed by atoms with Crippen LogP contribution >= 0.6 is 11.6 Å². The van der Waals surface area contributed by atoms with Gasteiger partial charge in [0.1, 0.15) is 10.7 Å². The summed E-state index contributed by atoms with van der Waals surface area (Å²) in [4.78, 5) is 22.8. The Bertz CT molecular complexity index is 1590. The van der Waals surface area contributed by atoms with Crippen LogP contribution in [0.15, 0.2) is 71.4 Å². The first kappa shape index (κ1) is 23.0. The Labute approximate surface area is 201 Å². The fourth-order valence-electron chi connectivity index (χ4n) is 3.75. The number of nitriles is 1. The number of benzene rings is 1. The minimum Gasteiger partial charge on any atom is -0.386 e. The van der Waals surface area contributed by atoms with Gasteiger partial charge in [0, 0.05) is 22.8 Å². The Morgan fingerprint density at radius 3 is 2.50 bits per heavy atom. The van der Waals surface area contributed by atoms with E-state index in [-0.39, 0.29) is 11.4 Å². The van der Waals surface area contributed by atoms with E-state index in [1.54, 1.807) is 41.1 Å². The van der Waals surface area contributed by atoms with Gasteiger partial charge in [-0.3, -0.25) is 14.3 Å². The minimum absolute atomic E-state index is 0.141. The van der Waals surface area contributed by atoms with Gasteiger partial charge in [-0.15, -0.1) is 0 Å². The molecule has 1 aromatic carbocycles. The molecule has 0 saturated heterocycles. The summed E-state index contributed by atoms with van der Waals surface area (Å²) in [6.45, 7) is 5.51. The lowest BCUT2D eigenvalue weighted by Gasteiger charge is -2.18. The average molecular weight is 471 g/mol. The zero-order valence-electron chi connectivity index (χ0n) is 19.0. The molecule has 4 N–H and O–H groups in total. The van der Waals surface area contributed by atoms with Crippen LogP contribution in [0.1, 0.15) is 31.9 Å². The average Bonchev–Trinajstić information content (AvgIpc) is 2.82. The number of halogens is 1. The van der Waals surface area contributed by atoms with Crippen molar-refractivity contribution >= 4 is 39.1 Å². The van der Waals surface area contributed by atoms with Crippen molar-refractivity contribution in [3.05, 3.63) is 93.3 Å². The van der Waals surface area contributed by atoms with Crippen molar-refractivity contribution in [2.24, 2.45) is 11.5 Å². The molecule has 4 rings (SSSR count). The van der Waals surface area contributed by atoms with Gasteiger partial charge in [0.05, 0.1) is 28.3 Å². The van der Waals surface area contributed by atoms with Gasteiger partial charge in [0.2, 0.25) is 0 Å². The van der Waals surface area contributed by atoms with E-state index in [0.717, 1.165) is 10.9 Å². The van der Waals surface area contributed by atoms with Gasteiger partial charge >= 0.3 is 0 Å². The zero-order valence-corrected chi connectivity index (χ0v) is 19.8. The van der Waals surface area contributed by atoms with E-state index in [0.29, 0.717) is 38.5 Å². The zero-order chi connectivity index (χ0) is 24.6. The van der Waals surface area contributed by atoms with Crippen molar-refractivity contribution in [1.82, 2.24) is 14.5 Å². The molecule has 4 aromatic rings. The molecule has 0 unspecified atom stereocenters. The molecule has 7 nitrogen and oxygen atoms in total. The summed E-state index contributed by atoms with van der Waals surface area (Å²) >= 11 is 6.20. The van der Waals surface area contributed by atoms with Crippen molar-refractivity contribution in [2.75, 3.05) is 0 Å². The first-order chi connectivity index (χ1) is 16.1. The number of pyridine rings is 3. The van der Waals surface area contributed by atoms with Crippen LogP contribution in [0.2, 0.25) is 5.15 Å². The van der Waals surface area contributed by atoms with Gasteiger partial charge in [0.25, 0.3) is 5.56 Å². The summed E-state index contributed by atoms with van der Waals surface area (Å²) in [6, 6.07) is 14.9. The summed E-state index contributed by atoms with van der Waals surface area (Å²) in [5, 5.41) is 10.5. The van der Waals surface area contributed by atoms with Crippen LogP contribution in [0.25, 0.3) is 33.2 Å². The van der Waals surface area contributed by atoms with Crippen molar-refractivity contribution in [3.8, 4) is 11.8 Å². The molecular formula is C26H23ClN6O. The van der Waals surface area contributed by atoms with Gasteiger partial charge in [-0.05, 0) is 68.3 Å². The maximum Gasteiger partial charge on any atom is 0.263 e. The number of hydrogen-bond acceptors (Lipinski definition) is 6. The second-order valence-corrected chi connectivity index (χ2v) is 8.95. The van der Waals surface area contributed by atoms with Crippen LogP contribution in [0.4, 0.5) is 0 Å². The SMILES string of the molecule is C/C(=C/C=C(N)N)c1cc2cnc3ccc(Cl)nc3c2n(-c2ccc(C(C)(C)C#N)cc2)c1=O. The van der Waals surface area contributed by atoms with E-state index in [1.807, 2.05) is 45.0 Å². The number of fused-ring (bicyclic) bond motifs is 3. The number of nitrogens with zero attached hydrogens (tertiary/aromatic N) is 4. The molecule has 0 aliphatic carbocycles. The summed E-state index contributed by atoms with van der Waals surface area (Å²) in [7, 11) is 0. The fourth-order valence-corrected chi connectivity index (χ4v) is 3.90. The van der Waals surface area contributed by atoms with Gasteiger partial charge in [-0.1, -0.05) is 29.8 Å². The third-order valence-electron chi connectivity index (χ3n) is 5.71. The molecule has 0 fully saturated rings. The predicted molar refractivity (Wildman–Crippen MR) is 136 cm³/mol. The Morgan fingerprint density at radius 1 is 1.15 bits per heavy atom. The fraction of sp³-hybridized carbons (Fsp3) is 0.154. The maximum atomic E-state index is 13.8. The van der Waals surface area contributed by atoms with E-state index < -0.39 is 5.41 Å². The molecule has 3 aromatic heterocycles. The second-order valence-electron chi connectivity index (χ2n) is 8.56. The third kappa shape index (κ3) is 4.12. The lowest BCUT2D eigenvalue weighted by molar-refractivity contribution is 0.686. The van der Waals surface area contributed by atoms with Crippen LogP contribution < -0.4 is 17.0 Å². The smallest absolute Gasteiger partial charge is 0.263 e. The number of aromatic nitrogens is 3. The predicted octanol–water partition coefficient (Wildman–Crippen LogP) is 4.55. The second kappa shape index (κ2) is 8.65. The Balaban J connectivity index is 2.10. The van der Waals surface area contributed by atoms with Gasteiger partial charge in [-0.25, -0.2) is 4.98 Å². The number of rotatable bonds is 4. The highest BCUT2D eigenvalue weighted by Crippen LogP contribution is 2.28.